The Kier molecular flexibility index (Phi) is 6.38. The molecule has 0 radical (unpaired) electrons. The summed E-state index contributed by atoms with van der Waals surface area (Å²) in [6, 6.07) is 20.9. The molecule has 3 rings (SSSR count). The van der Waals surface area contributed by atoms with Gasteiger partial charge in [-0.3, -0.25) is 0 Å². The summed E-state index contributed by atoms with van der Waals surface area (Å²) in [7, 11) is -4.67. The molecular formula is C22H16BrF3O3S. The Balaban J connectivity index is 1.99. The van der Waals surface area contributed by atoms with Crippen molar-refractivity contribution < 1.29 is 25.8 Å². The molecule has 0 aromatic heterocycles. The summed E-state index contributed by atoms with van der Waals surface area (Å²) in [6.07, 6.45) is -5.03. The highest BCUT2D eigenvalue weighted by Gasteiger charge is 2.42. The van der Waals surface area contributed by atoms with Crippen molar-refractivity contribution in [2.24, 2.45) is 0 Å². The van der Waals surface area contributed by atoms with E-state index < -0.39 is 26.5 Å². The lowest BCUT2D eigenvalue weighted by atomic mass is 10.0. The van der Waals surface area contributed by atoms with E-state index in [0.717, 1.165) is 16.7 Å². The second-order valence-corrected chi connectivity index (χ2v) is 8.77. The van der Waals surface area contributed by atoms with Crippen LogP contribution in [0.15, 0.2) is 89.5 Å². The van der Waals surface area contributed by atoms with Gasteiger partial charge in [0.15, 0.2) is 0 Å². The van der Waals surface area contributed by atoms with Crippen LogP contribution in [-0.4, -0.2) is 14.6 Å². The molecule has 0 atom stereocenters. The molecule has 0 spiro atoms. The quantitative estimate of drug-likeness (QED) is 0.291. The topological polar surface area (TPSA) is 43.4 Å². The van der Waals surface area contributed by atoms with Crippen molar-refractivity contribution in [3.63, 3.8) is 0 Å². The summed E-state index contributed by atoms with van der Waals surface area (Å²) in [6.45, 7) is 1.73. The molecule has 8 heteroatoms. The molecule has 0 aliphatic rings. The maximum absolute atomic E-state index is 13.6. The molecule has 30 heavy (non-hydrogen) atoms. The summed E-state index contributed by atoms with van der Waals surface area (Å²) < 4.78 is 69.7. The second kappa shape index (κ2) is 8.65. The Morgan fingerprint density at radius 2 is 1.37 bits per heavy atom. The van der Waals surface area contributed by atoms with Crippen LogP contribution in [0.1, 0.15) is 11.1 Å². The Hall–Kier alpha value is -2.58. The molecule has 0 aliphatic heterocycles. The third-order valence-corrected chi connectivity index (χ3v) is 6.26. The number of hydrogen-bond acceptors (Lipinski definition) is 3. The van der Waals surface area contributed by atoms with Crippen molar-refractivity contribution in [3.8, 4) is 11.1 Å². The van der Waals surface area contributed by atoms with Gasteiger partial charge in [0, 0.05) is 0 Å². The second-order valence-electron chi connectivity index (χ2n) is 6.43. The zero-order valence-corrected chi connectivity index (χ0v) is 18.1. The van der Waals surface area contributed by atoms with E-state index in [4.69, 9.17) is 0 Å². The van der Waals surface area contributed by atoms with Crippen LogP contribution in [0.2, 0.25) is 0 Å². The van der Waals surface area contributed by atoms with Crippen LogP contribution in [0, 0.1) is 6.92 Å². The highest BCUT2D eigenvalue weighted by atomic mass is 79.9. The molecule has 3 aromatic carbocycles. The van der Waals surface area contributed by atoms with Gasteiger partial charge in [-0.2, -0.15) is 21.6 Å². The number of benzene rings is 3. The van der Waals surface area contributed by atoms with E-state index >= 15 is 0 Å². The van der Waals surface area contributed by atoms with E-state index in [2.05, 4.69) is 20.1 Å². The SMILES string of the molecule is Cc1ccc(S(=O)(=O)O/C(=C(\Br)c2ccc(-c3ccccc3)cc2)C(F)(F)F)cc1. The fourth-order valence-electron chi connectivity index (χ4n) is 2.64. The molecule has 3 aromatic rings. The van der Waals surface area contributed by atoms with Crippen LogP contribution < -0.4 is 0 Å². The molecule has 0 bridgehead atoms. The number of alkyl halides is 3. The molecular weight excluding hydrogens is 481 g/mol. The predicted octanol–water partition coefficient (Wildman–Crippen LogP) is 6.69. The van der Waals surface area contributed by atoms with E-state index in [-0.39, 0.29) is 10.5 Å². The zero-order chi connectivity index (χ0) is 21.9. The molecule has 0 aliphatic carbocycles. The van der Waals surface area contributed by atoms with Crippen molar-refractivity contribution in [2.45, 2.75) is 18.0 Å². The fraction of sp³-hybridized carbons (Fsp3) is 0.0909. The number of halogens is 4. The number of aryl methyl sites for hydroxylation is 1. The first-order valence-corrected chi connectivity index (χ1v) is 10.9. The number of hydrogen-bond donors (Lipinski definition) is 0. The van der Waals surface area contributed by atoms with Gasteiger partial charge in [0.25, 0.3) is 0 Å². The lowest BCUT2D eigenvalue weighted by Gasteiger charge is -2.16. The van der Waals surface area contributed by atoms with Crippen molar-refractivity contribution >= 4 is 30.5 Å². The third kappa shape index (κ3) is 5.12. The Bertz CT molecular complexity index is 1150. The van der Waals surface area contributed by atoms with Gasteiger partial charge >= 0.3 is 16.3 Å². The van der Waals surface area contributed by atoms with Gasteiger partial charge in [0.1, 0.15) is 4.90 Å². The zero-order valence-electron chi connectivity index (χ0n) is 15.7. The van der Waals surface area contributed by atoms with Crippen molar-refractivity contribution in [2.75, 3.05) is 0 Å². The minimum absolute atomic E-state index is 0.126. The molecule has 0 N–H and O–H groups in total. The number of rotatable bonds is 5. The van der Waals surface area contributed by atoms with Crippen LogP contribution in [0.25, 0.3) is 15.6 Å². The minimum Gasteiger partial charge on any atom is -0.372 e. The lowest BCUT2D eigenvalue weighted by Crippen LogP contribution is -2.19. The van der Waals surface area contributed by atoms with Gasteiger partial charge in [0.2, 0.25) is 5.76 Å². The van der Waals surface area contributed by atoms with Gasteiger partial charge in [-0.05, 0) is 51.7 Å². The van der Waals surface area contributed by atoms with E-state index in [1.807, 2.05) is 30.3 Å². The molecule has 156 valence electrons. The van der Waals surface area contributed by atoms with E-state index in [0.29, 0.717) is 0 Å². The molecule has 3 nitrogen and oxygen atoms in total. The smallest absolute Gasteiger partial charge is 0.372 e. The molecule has 0 heterocycles. The van der Waals surface area contributed by atoms with Crippen LogP contribution in [0.3, 0.4) is 0 Å². The first-order chi connectivity index (χ1) is 14.1. The lowest BCUT2D eigenvalue weighted by molar-refractivity contribution is -0.114. The average molecular weight is 497 g/mol. The summed E-state index contributed by atoms with van der Waals surface area (Å²) >= 11 is 2.88. The van der Waals surface area contributed by atoms with E-state index in [1.54, 1.807) is 19.1 Å². The van der Waals surface area contributed by atoms with Crippen molar-refractivity contribution in [1.82, 2.24) is 0 Å². The highest BCUT2D eigenvalue weighted by molar-refractivity contribution is 9.15. The largest absolute Gasteiger partial charge is 0.451 e. The van der Waals surface area contributed by atoms with Crippen LogP contribution in [0.4, 0.5) is 13.2 Å². The van der Waals surface area contributed by atoms with Gasteiger partial charge in [-0.1, -0.05) is 72.3 Å². The minimum atomic E-state index is -5.03. The van der Waals surface area contributed by atoms with Gasteiger partial charge in [0.05, 0.1) is 4.48 Å². The third-order valence-electron chi connectivity index (χ3n) is 4.20. The van der Waals surface area contributed by atoms with Gasteiger partial charge in [-0.15, -0.1) is 0 Å². The first-order valence-electron chi connectivity index (χ1n) is 8.72. The maximum atomic E-state index is 13.6. The van der Waals surface area contributed by atoms with Crippen LogP contribution in [0.5, 0.6) is 0 Å². The Morgan fingerprint density at radius 1 is 0.833 bits per heavy atom. The van der Waals surface area contributed by atoms with Crippen molar-refractivity contribution in [1.29, 1.82) is 0 Å². The molecule has 0 amide bonds. The number of allylic oxidation sites excluding steroid dienone is 1. The monoisotopic (exact) mass is 496 g/mol. The first kappa shape index (κ1) is 22.1. The summed E-state index contributed by atoms with van der Waals surface area (Å²) in [5, 5.41) is 0. The summed E-state index contributed by atoms with van der Waals surface area (Å²) in [5.74, 6) is -1.64. The van der Waals surface area contributed by atoms with Gasteiger partial charge in [-0.25, -0.2) is 0 Å². The Morgan fingerprint density at radius 3 is 1.90 bits per heavy atom. The summed E-state index contributed by atoms with van der Waals surface area (Å²) in [4.78, 5) is -0.366. The van der Waals surface area contributed by atoms with Crippen LogP contribution in [-0.2, 0) is 14.3 Å². The van der Waals surface area contributed by atoms with E-state index in [1.165, 1.54) is 36.4 Å². The van der Waals surface area contributed by atoms with Crippen LogP contribution >= 0.6 is 15.9 Å². The molecule has 0 unspecified atom stereocenters. The highest BCUT2D eigenvalue weighted by Crippen LogP contribution is 2.39. The maximum Gasteiger partial charge on any atom is 0.451 e. The Labute approximate surface area is 181 Å². The molecule has 0 saturated carbocycles. The predicted molar refractivity (Wildman–Crippen MR) is 113 cm³/mol. The normalized spacial score (nSPS) is 13.0. The molecule has 0 fully saturated rings. The molecule has 0 saturated heterocycles. The average Bonchev–Trinajstić information content (AvgIpc) is 2.72. The van der Waals surface area contributed by atoms with Gasteiger partial charge < -0.3 is 4.18 Å². The summed E-state index contributed by atoms with van der Waals surface area (Å²) in [5.41, 5.74) is 2.60. The van der Waals surface area contributed by atoms with E-state index in [9.17, 15) is 21.6 Å². The standard InChI is InChI=1S/C22H16BrF3O3S/c1-15-7-13-19(14-8-15)30(27,28)29-21(22(24,25)26)20(23)18-11-9-17(10-12-18)16-5-3-2-4-6-16/h2-14H,1H3/b21-20-. The fourth-order valence-corrected chi connectivity index (χ4v) is 4.28. The van der Waals surface area contributed by atoms with Crippen molar-refractivity contribution in [3.05, 3.63) is 95.7 Å².